The molecule has 2 rings (SSSR count). The summed E-state index contributed by atoms with van der Waals surface area (Å²) in [5.41, 5.74) is 5.76. The summed E-state index contributed by atoms with van der Waals surface area (Å²) in [6, 6.07) is 4.04. The van der Waals surface area contributed by atoms with Gasteiger partial charge in [0, 0.05) is 31.1 Å². The number of thiophene rings is 1. The number of carbonyl (C=O) groups excluding carboxylic acids is 1. The third-order valence-electron chi connectivity index (χ3n) is 3.17. The van der Waals surface area contributed by atoms with Gasteiger partial charge in [-0.3, -0.25) is 4.79 Å². The first-order chi connectivity index (χ1) is 8.11. The molecule has 0 saturated carbocycles. The SMILES string of the molecule is Cc1ccc(C(=O)N2CCN(C)CC2CN)s1. The zero-order chi connectivity index (χ0) is 12.4. The maximum atomic E-state index is 12.4. The van der Waals surface area contributed by atoms with Crippen LogP contribution in [-0.4, -0.2) is 55.0 Å². The molecule has 1 saturated heterocycles. The second kappa shape index (κ2) is 5.16. The molecule has 0 bridgehead atoms. The van der Waals surface area contributed by atoms with Crippen LogP contribution in [0.4, 0.5) is 0 Å². The Bertz CT molecular complexity index is 404. The van der Waals surface area contributed by atoms with Crippen LogP contribution < -0.4 is 5.73 Å². The number of nitrogens with two attached hydrogens (primary N) is 1. The first-order valence-electron chi connectivity index (χ1n) is 5.88. The Morgan fingerprint density at radius 2 is 2.29 bits per heavy atom. The van der Waals surface area contributed by atoms with Crippen molar-refractivity contribution in [3.8, 4) is 0 Å². The van der Waals surface area contributed by atoms with Crippen LogP contribution in [0.2, 0.25) is 0 Å². The third kappa shape index (κ3) is 2.68. The van der Waals surface area contributed by atoms with Crippen LogP contribution in [0, 0.1) is 6.92 Å². The van der Waals surface area contributed by atoms with Crippen LogP contribution in [-0.2, 0) is 0 Å². The summed E-state index contributed by atoms with van der Waals surface area (Å²) in [5, 5.41) is 0. The minimum absolute atomic E-state index is 0.131. The van der Waals surface area contributed by atoms with Crippen molar-refractivity contribution in [1.29, 1.82) is 0 Å². The number of hydrogen-bond acceptors (Lipinski definition) is 4. The Labute approximate surface area is 106 Å². The van der Waals surface area contributed by atoms with Gasteiger partial charge < -0.3 is 15.5 Å². The van der Waals surface area contributed by atoms with Crippen molar-refractivity contribution in [3.05, 3.63) is 21.9 Å². The highest BCUT2D eigenvalue weighted by atomic mass is 32.1. The predicted octanol–water partition coefficient (Wildman–Crippen LogP) is 0.771. The van der Waals surface area contributed by atoms with E-state index in [-0.39, 0.29) is 11.9 Å². The van der Waals surface area contributed by atoms with E-state index in [2.05, 4.69) is 11.9 Å². The Morgan fingerprint density at radius 1 is 1.53 bits per heavy atom. The zero-order valence-corrected chi connectivity index (χ0v) is 11.2. The summed E-state index contributed by atoms with van der Waals surface area (Å²) in [7, 11) is 2.07. The van der Waals surface area contributed by atoms with Crippen LogP contribution in [0.1, 0.15) is 14.5 Å². The van der Waals surface area contributed by atoms with E-state index in [1.165, 1.54) is 4.88 Å². The molecular weight excluding hydrogens is 234 g/mol. The maximum Gasteiger partial charge on any atom is 0.264 e. The lowest BCUT2D eigenvalue weighted by atomic mass is 10.1. The summed E-state index contributed by atoms with van der Waals surface area (Å²) in [6.07, 6.45) is 0. The lowest BCUT2D eigenvalue weighted by Gasteiger charge is -2.39. The quantitative estimate of drug-likeness (QED) is 0.847. The number of likely N-dealkylation sites (N-methyl/N-ethyl adjacent to an activating group) is 1. The molecule has 4 nitrogen and oxygen atoms in total. The largest absolute Gasteiger partial charge is 0.331 e. The van der Waals surface area contributed by atoms with Crippen molar-refractivity contribution in [3.63, 3.8) is 0 Å². The summed E-state index contributed by atoms with van der Waals surface area (Å²) < 4.78 is 0. The molecule has 0 radical (unpaired) electrons. The number of aryl methyl sites for hydroxylation is 1. The van der Waals surface area contributed by atoms with E-state index in [4.69, 9.17) is 5.73 Å². The molecule has 1 aromatic rings. The van der Waals surface area contributed by atoms with Gasteiger partial charge in [-0.15, -0.1) is 11.3 Å². The number of nitrogens with zero attached hydrogens (tertiary/aromatic N) is 2. The average molecular weight is 253 g/mol. The summed E-state index contributed by atoms with van der Waals surface area (Å²) >= 11 is 1.56. The van der Waals surface area contributed by atoms with Crippen LogP contribution in [0.5, 0.6) is 0 Å². The van der Waals surface area contributed by atoms with E-state index >= 15 is 0 Å². The molecular formula is C12H19N3OS. The summed E-state index contributed by atoms with van der Waals surface area (Å²) in [5.74, 6) is 0.131. The van der Waals surface area contributed by atoms with Crippen molar-refractivity contribution in [1.82, 2.24) is 9.80 Å². The highest BCUT2D eigenvalue weighted by Gasteiger charge is 2.29. The molecule has 0 aromatic carbocycles. The summed E-state index contributed by atoms with van der Waals surface area (Å²) in [6.45, 7) is 5.11. The highest BCUT2D eigenvalue weighted by molar-refractivity contribution is 7.13. The van der Waals surface area contributed by atoms with Gasteiger partial charge in [0.2, 0.25) is 0 Å². The monoisotopic (exact) mass is 253 g/mol. The molecule has 1 aliphatic rings. The van der Waals surface area contributed by atoms with Gasteiger partial charge in [0.1, 0.15) is 0 Å². The minimum Gasteiger partial charge on any atom is -0.331 e. The number of piperazine rings is 1. The van der Waals surface area contributed by atoms with Gasteiger partial charge in [0.15, 0.2) is 0 Å². The van der Waals surface area contributed by atoms with Gasteiger partial charge in [-0.25, -0.2) is 0 Å². The number of amides is 1. The molecule has 2 N–H and O–H groups in total. The molecule has 94 valence electrons. The maximum absolute atomic E-state index is 12.4. The predicted molar refractivity (Wildman–Crippen MR) is 70.4 cm³/mol. The molecule has 1 aromatic heterocycles. The fourth-order valence-corrected chi connectivity index (χ4v) is 2.99. The lowest BCUT2D eigenvalue weighted by Crippen LogP contribution is -2.56. The Balaban J connectivity index is 2.13. The van der Waals surface area contributed by atoms with Crippen LogP contribution >= 0.6 is 11.3 Å². The molecule has 1 aliphatic heterocycles. The highest BCUT2D eigenvalue weighted by Crippen LogP contribution is 2.19. The van der Waals surface area contributed by atoms with Gasteiger partial charge in [0.05, 0.1) is 10.9 Å². The Kier molecular flexibility index (Phi) is 3.81. The van der Waals surface area contributed by atoms with E-state index in [9.17, 15) is 4.79 Å². The van der Waals surface area contributed by atoms with Crippen molar-refractivity contribution in [2.45, 2.75) is 13.0 Å². The Morgan fingerprint density at radius 3 is 2.88 bits per heavy atom. The van der Waals surface area contributed by atoms with Crippen LogP contribution in [0.15, 0.2) is 12.1 Å². The normalized spacial score (nSPS) is 21.8. The number of rotatable bonds is 2. The first kappa shape index (κ1) is 12.5. The lowest BCUT2D eigenvalue weighted by molar-refractivity contribution is 0.0521. The van der Waals surface area contributed by atoms with Gasteiger partial charge in [-0.1, -0.05) is 0 Å². The van der Waals surface area contributed by atoms with Gasteiger partial charge in [-0.05, 0) is 26.1 Å². The van der Waals surface area contributed by atoms with Gasteiger partial charge in [-0.2, -0.15) is 0 Å². The fraction of sp³-hybridized carbons (Fsp3) is 0.583. The third-order valence-corrected chi connectivity index (χ3v) is 4.16. The first-order valence-corrected chi connectivity index (χ1v) is 6.69. The fourth-order valence-electron chi connectivity index (χ4n) is 2.17. The van der Waals surface area contributed by atoms with Crippen molar-refractivity contribution >= 4 is 17.2 Å². The van der Waals surface area contributed by atoms with Gasteiger partial charge in [0.25, 0.3) is 5.91 Å². The van der Waals surface area contributed by atoms with Crippen LogP contribution in [0.3, 0.4) is 0 Å². The second-order valence-electron chi connectivity index (χ2n) is 4.56. The minimum atomic E-state index is 0.131. The Hall–Kier alpha value is -0.910. The van der Waals surface area contributed by atoms with E-state index in [0.717, 1.165) is 24.5 Å². The van der Waals surface area contributed by atoms with E-state index in [0.29, 0.717) is 6.54 Å². The smallest absolute Gasteiger partial charge is 0.264 e. The van der Waals surface area contributed by atoms with E-state index in [1.807, 2.05) is 24.0 Å². The van der Waals surface area contributed by atoms with Crippen molar-refractivity contribution in [2.75, 3.05) is 33.2 Å². The number of carbonyl (C=O) groups is 1. The molecule has 1 atom stereocenters. The molecule has 5 heteroatoms. The van der Waals surface area contributed by atoms with Crippen molar-refractivity contribution in [2.24, 2.45) is 5.73 Å². The second-order valence-corrected chi connectivity index (χ2v) is 5.85. The van der Waals surface area contributed by atoms with Crippen molar-refractivity contribution < 1.29 is 4.79 Å². The molecule has 1 unspecified atom stereocenters. The summed E-state index contributed by atoms with van der Waals surface area (Å²) in [4.78, 5) is 18.5. The molecule has 1 fully saturated rings. The molecule has 1 amide bonds. The van der Waals surface area contributed by atoms with Gasteiger partial charge >= 0.3 is 0 Å². The van der Waals surface area contributed by atoms with Crippen LogP contribution in [0.25, 0.3) is 0 Å². The molecule has 17 heavy (non-hydrogen) atoms. The average Bonchev–Trinajstić information content (AvgIpc) is 2.75. The molecule has 2 heterocycles. The standard InChI is InChI=1S/C12H19N3OS/c1-9-3-4-11(17-9)12(16)15-6-5-14(2)8-10(15)7-13/h3-4,10H,5-8,13H2,1-2H3. The molecule has 0 spiro atoms. The zero-order valence-electron chi connectivity index (χ0n) is 10.3. The number of hydrogen-bond donors (Lipinski definition) is 1. The van der Waals surface area contributed by atoms with E-state index in [1.54, 1.807) is 11.3 Å². The van der Waals surface area contributed by atoms with E-state index < -0.39 is 0 Å². The molecule has 0 aliphatic carbocycles. The topological polar surface area (TPSA) is 49.6 Å².